The highest BCUT2D eigenvalue weighted by atomic mass is 19.1. The average Bonchev–Trinajstić information content (AvgIpc) is 3.38. The molecule has 3 aromatic rings. The molecule has 0 radical (unpaired) electrons. The Balaban J connectivity index is 1.64. The van der Waals surface area contributed by atoms with Crippen LogP contribution in [-0.4, -0.2) is 31.9 Å². The standard InChI is InChI=1S/C19H20FN7O/c20-16-11-15(17(21)28)18(24-12-4-1-2-5-12)26-19(16)25-13-6-3-7-14(10-13)27-22-8-9-23-27/h3,6-12H,1-2,4-5H2,(H2,21,28)(H2,24,25,26). The van der Waals surface area contributed by atoms with Gasteiger partial charge < -0.3 is 16.4 Å². The number of amides is 1. The van der Waals surface area contributed by atoms with Gasteiger partial charge in [-0.15, -0.1) is 0 Å². The molecule has 0 saturated heterocycles. The van der Waals surface area contributed by atoms with Crippen LogP contribution in [0.3, 0.4) is 0 Å². The monoisotopic (exact) mass is 381 g/mol. The Morgan fingerprint density at radius 1 is 1.14 bits per heavy atom. The summed E-state index contributed by atoms with van der Waals surface area (Å²) in [6.07, 6.45) is 7.35. The van der Waals surface area contributed by atoms with Crippen molar-refractivity contribution in [3.8, 4) is 5.69 Å². The molecule has 8 nitrogen and oxygen atoms in total. The van der Waals surface area contributed by atoms with E-state index >= 15 is 0 Å². The number of nitrogens with zero attached hydrogens (tertiary/aromatic N) is 4. The fraction of sp³-hybridized carbons (Fsp3) is 0.263. The number of primary amides is 1. The van der Waals surface area contributed by atoms with E-state index < -0.39 is 11.7 Å². The van der Waals surface area contributed by atoms with Crippen LogP contribution >= 0.6 is 0 Å². The van der Waals surface area contributed by atoms with E-state index in [0.29, 0.717) is 17.2 Å². The molecule has 1 fully saturated rings. The Kier molecular flexibility index (Phi) is 4.88. The van der Waals surface area contributed by atoms with Gasteiger partial charge in [0.2, 0.25) is 0 Å². The van der Waals surface area contributed by atoms with Gasteiger partial charge in [-0.3, -0.25) is 4.79 Å². The number of hydrogen-bond donors (Lipinski definition) is 3. The summed E-state index contributed by atoms with van der Waals surface area (Å²) in [6, 6.07) is 8.51. The quantitative estimate of drug-likeness (QED) is 0.605. The molecule has 1 aromatic carbocycles. The van der Waals surface area contributed by atoms with Gasteiger partial charge in [0.15, 0.2) is 11.6 Å². The van der Waals surface area contributed by atoms with Crippen LogP contribution in [0, 0.1) is 5.82 Å². The number of anilines is 3. The van der Waals surface area contributed by atoms with Gasteiger partial charge in [-0.1, -0.05) is 18.9 Å². The molecule has 1 saturated carbocycles. The Hall–Kier alpha value is -3.49. The second-order valence-corrected chi connectivity index (χ2v) is 6.70. The molecule has 0 aliphatic heterocycles. The SMILES string of the molecule is NC(=O)c1cc(F)c(Nc2cccc(-n3nccn3)c2)nc1NC1CCCC1. The van der Waals surface area contributed by atoms with Crippen molar-refractivity contribution in [3.05, 3.63) is 54.1 Å². The largest absolute Gasteiger partial charge is 0.367 e. The summed E-state index contributed by atoms with van der Waals surface area (Å²) in [5.41, 5.74) is 6.78. The van der Waals surface area contributed by atoms with E-state index in [0.717, 1.165) is 31.7 Å². The minimum Gasteiger partial charge on any atom is -0.367 e. The molecular formula is C19H20FN7O. The van der Waals surface area contributed by atoms with Gasteiger partial charge in [-0.05, 0) is 37.1 Å². The summed E-state index contributed by atoms with van der Waals surface area (Å²) in [7, 11) is 0. The Labute approximate surface area is 161 Å². The number of hydrogen-bond acceptors (Lipinski definition) is 6. The molecule has 0 atom stereocenters. The number of halogens is 1. The van der Waals surface area contributed by atoms with Crippen molar-refractivity contribution in [1.82, 2.24) is 20.0 Å². The van der Waals surface area contributed by atoms with Crippen molar-refractivity contribution < 1.29 is 9.18 Å². The molecule has 9 heteroatoms. The zero-order valence-corrected chi connectivity index (χ0v) is 15.1. The molecule has 144 valence electrons. The molecular weight excluding hydrogens is 361 g/mol. The van der Waals surface area contributed by atoms with E-state index in [9.17, 15) is 9.18 Å². The van der Waals surface area contributed by atoms with Crippen LogP contribution in [0.4, 0.5) is 21.7 Å². The number of nitrogens with two attached hydrogens (primary N) is 1. The van der Waals surface area contributed by atoms with Gasteiger partial charge in [-0.2, -0.15) is 15.0 Å². The first kappa shape index (κ1) is 17.9. The maximum atomic E-state index is 14.6. The summed E-state index contributed by atoms with van der Waals surface area (Å²) >= 11 is 0. The highest BCUT2D eigenvalue weighted by molar-refractivity contribution is 5.98. The fourth-order valence-electron chi connectivity index (χ4n) is 3.33. The second-order valence-electron chi connectivity index (χ2n) is 6.70. The van der Waals surface area contributed by atoms with Crippen LogP contribution in [-0.2, 0) is 0 Å². The van der Waals surface area contributed by atoms with Crippen LogP contribution in [0.15, 0.2) is 42.7 Å². The minimum atomic E-state index is -0.717. The van der Waals surface area contributed by atoms with Crippen LogP contribution < -0.4 is 16.4 Å². The van der Waals surface area contributed by atoms with E-state index in [2.05, 4.69) is 25.8 Å². The number of aromatic nitrogens is 4. The van der Waals surface area contributed by atoms with Gasteiger partial charge in [0.1, 0.15) is 5.82 Å². The van der Waals surface area contributed by atoms with E-state index in [4.69, 9.17) is 5.73 Å². The first-order valence-corrected chi connectivity index (χ1v) is 9.11. The van der Waals surface area contributed by atoms with Crippen molar-refractivity contribution in [1.29, 1.82) is 0 Å². The topological polar surface area (TPSA) is 111 Å². The van der Waals surface area contributed by atoms with Crippen LogP contribution in [0.25, 0.3) is 5.69 Å². The molecule has 2 heterocycles. The molecule has 0 unspecified atom stereocenters. The van der Waals surface area contributed by atoms with Crippen molar-refractivity contribution in [3.63, 3.8) is 0 Å². The summed E-state index contributed by atoms with van der Waals surface area (Å²) < 4.78 is 14.6. The Morgan fingerprint density at radius 2 is 1.89 bits per heavy atom. The predicted molar refractivity (Wildman–Crippen MR) is 103 cm³/mol. The molecule has 28 heavy (non-hydrogen) atoms. The number of nitrogens with one attached hydrogen (secondary N) is 2. The van der Waals surface area contributed by atoms with Crippen LogP contribution in [0.2, 0.25) is 0 Å². The number of benzene rings is 1. The van der Waals surface area contributed by atoms with Gasteiger partial charge in [0.25, 0.3) is 5.91 Å². The lowest BCUT2D eigenvalue weighted by atomic mass is 10.2. The van der Waals surface area contributed by atoms with Gasteiger partial charge in [0.05, 0.1) is 23.6 Å². The number of rotatable bonds is 6. The molecule has 0 spiro atoms. The number of carbonyl (C=O) groups excluding carboxylic acids is 1. The van der Waals surface area contributed by atoms with Crippen molar-refractivity contribution >= 4 is 23.2 Å². The van der Waals surface area contributed by atoms with Crippen molar-refractivity contribution in [2.75, 3.05) is 10.6 Å². The van der Waals surface area contributed by atoms with Crippen LogP contribution in [0.5, 0.6) is 0 Å². The summed E-state index contributed by atoms with van der Waals surface area (Å²) in [6.45, 7) is 0. The van der Waals surface area contributed by atoms with E-state index in [-0.39, 0.29) is 17.4 Å². The third-order valence-electron chi connectivity index (χ3n) is 4.70. The lowest BCUT2D eigenvalue weighted by Crippen LogP contribution is -2.22. The summed E-state index contributed by atoms with van der Waals surface area (Å²) in [5.74, 6) is -1.07. The van der Waals surface area contributed by atoms with E-state index in [1.54, 1.807) is 30.6 Å². The van der Waals surface area contributed by atoms with E-state index in [1.807, 2.05) is 6.07 Å². The average molecular weight is 381 g/mol. The molecule has 1 amide bonds. The molecule has 1 aliphatic carbocycles. The lowest BCUT2D eigenvalue weighted by Gasteiger charge is -2.17. The third-order valence-corrected chi connectivity index (χ3v) is 4.70. The van der Waals surface area contributed by atoms with Gasteiger partial charge >= 0.3 is 0 Å². The first-order valence-electron chi connectivity index (χ1n) is 9.11. The smallest absolute Gasteiger partial charge is 0.252 e. The molecule has 0 bridgehead atoms. The predicted octanol–water partition coefficient (Wildman–Crippen LogP) is 3.00. The van der Waals surface area contributed by atoms with Crippen LogP contribution in [0.1, 0.15) is 36.0 Å². The molecule has 2 aromatic heterocycles. The Morgan fingerprint density at radius 3 is 2.61 bits per heavy atom. The lowest BCUT2D eigenvalue weighted by molar-refractivity contribution is 0.100. The zero-order valence-electron chi connectivity index (χ0n) is 15.1. The number of pyridine rings is 1. The first-order chi connectivity index (χ1) is 13.6. The fourth-order valence-corrected chi connectivity index (χ4v) is 3.33. The maximum Gasteiger partial charge on any atom is 0.252 e. The summed E-state index contributed by atoms with van der Waals surface area (Å²) in [4.78, 5) is 17.5. The minimum absolute atomic E-state index is 0.0103. The highest BCUT2D eigenvalue weighted by Gasteiger charge is 2.21. The third kappa shape index (κ3) is 3.78. The molecule has 1 aliphatic rings. The molecule has 4 rings (SSSR count). The van der Waals surface area contributed by atoms with E-state index in [1.165, 1.54) is 4.80 Å². The van der Waals surface area contributed by atoms with Crippen molar-refractivity contribution in [2.45, 2.75) is 31.7 Å². The maximum absolute atomic E-state index is 14.6. The summed E-state index contributed by atoms with van der Waals surface area (Å²) in [5, 5.41) is 14.4. The van der Waals surface area contributed by atoms with Crippen molar-refractivity contribution in [2.24, 2.45) is 5.73 Å². The Bertz CT molecular complexity index is 984. The van der Waals surface area contributed by atoms with Gasteiger partial charge in [-0.25, -0.2) is 9.37 Å². The number of carbonyl (C=O) groups is 1. The second kappa shape index (κ2) is 7.63. The highest BCUT2D eigenvalue weighted by Crippen LogP contribution is 2.27. The molecule has 4 N–H and O–H groups in total. The zero-order chi connectivity index (χ0) is 19.5. The normalized spacial score (nSPS) is 14.2. The van der Waals surface area contributed by atoms with Gasteiger partial charge in [0, 0.05) is 11.7 Å².